The van der Waals surface area contributed by atoms with Gasteiger partial charge in [0.25, 0.3) is 15.9 Å². The highest BCUT2D eigenvalue weighted by molar-refractivity contribution is 7.92. The van der Waals surface area contributed by atoms with Gasteiger partial charge in [-0.3, -0.25) is 9.52 Å². The van der Waals surface area contributed by atoms with E-state index in [0.717, 1.165) is 47.4 Å². The zero-order valence-corrected chi connectivity index (χ0v) is 20.0. The van der Waals surface area contributed by atoms with E-state index in [2.05, 4.69) is 4.72 Å². The van der Waals surface area contributed by atoms with Gasteiger partial charge in [0.05, 0.1) is 10.6 Å². The van der Waals surface area contributed by atoms with Crippen LogP contribution in [0, 0.1) is 5.82 Å². The molecule has 0 fully saturated rings. The van der Waals surface area contributed by atoms with Crippen molar-refractivity contribution >= 4 is 27.3 Å². The molecule has 0 bridgehead atoms. The lowest BCUT2D eigenvalue weighted by Crippen LogP contribution is -2.30. The number of nitrogens with zero attached hydrogens (tertiary/aromatic N) is 1. The Labute approximate surface area is 208 Å². The van der Waals surface area contributed by atoms with Gasteiger partial charge in [-0.1, -0.05) is 42.5 Å². The van der Waals surface area contributed by atoms with Crippen LogP contribution in [0.5, 0.6) is 5.75 Å². The molecule has 2 N–H and O–H groups in total. The van der Waals surface area contributed by atoms with Crippen LogP contribution >= 0.6 is 0 Å². The number of aryl methyl sites for hydroxylation is 1. The quantitative estimate of drug-likeness (QED) is 0.348. The minimum Gasteiger partial charge on any atom is -0.506 e. The molecule has 0 unspecified atom stereocenters. The number of phenols is 1. The minimum atomic E-state index is -4.08. The average Bonchev–Trinajstić information content (AvgIpc) is 3.04. The Morgan fingerprint density at radius 2 is 1.61 bits per heavy atom. The van der Waals surface area contributed by atoms with Crippen molar-refractivity contribution in [2.24, 2.45) is 0 Å². The van der Waals surface area contributed by atoms with Crippen LogP contribution in [0.25, 0.3) is 11.1 Å². The molecule has 0 aliphatic carbocycles. The molecular weight excluding hydrogens is 479 g/mol. The number of sulfonamides is 1. The molecule has 0 saturated carbocycles. The van der Waals surface area contributed by atoms with E-state index >= 15 is 0 Å². The summed E-state index contributed by atoms with van der Waals surface area (Å²) in [4.78, 5) is 14.9. The van der Waals surface area contributed by atoms with Gasteiger partial charge in [0, 0.05) is 17.8 Å². The molecule has 1 heterocycles. The number of aromatic hydroxyl groups is 1. The normalized spacial score (nSPS) is 13.7. The molecule has 4 aromatic carbocycles. The van der Waals surface area contributed by atoms with Gasteiger partial charge in [0.1, 0.15) is 11.6 Å². The third kappa shape index (κ3) is 4.67. The first-order chi connectivity index (χ1) is 17.3. The third-order valence-corrected chi connectivity index (χ3v) is 7.56. The van der Waals surface area contributed by atoms with Crippen LogP contribution in [0.4, 0.5) is 15.8 Å². The van der Waals surface area contributed by atoms with Gasteiger partial charge < -0.3 is 10.0 Å². The van der Waals surface area contributed by atoms with Crippen LogP contribution in [0.3, 0.4) is 0 Å². The third-order valence-electron chi connectivity index (χ3n) is 6.18. The molecule has 8 heteroatoms. The standard InChI is InChI=1S/C28H23FN2O4S/c29-22-9-12-24(13-10-22)36(34,35)30-26-18-23(11-15-27(26)32)31-16-4-7-21-17-20(8-14-25(21)28(31)33)19-5-2-1-3-6-19/h1-3,5-6,8-15,17-18,30,32H,4,7,16H2. The van der Waals surface area contributed by atoms with E-state index in [1.165, 1.54) is 12.1 Å². The number of amides is 1. The zero-order valence-electron chi connectivity index (χ0n) is 19.2. The van der Waals surface area contributed by atoms with Gasteiger partial charge in [-0.15, -0.1) is 0 Å². The molecule has 1 aliphatic rings. The maximum absolute atomic E-state index is 13.5. The fourth-order valence-corrected chi connectivity index (χ4v) is 5.40. The van der Waals surface area contributed by atoms with Crippen LogP contribution < -0.4 is 9.62 Å². The Morgan fingerprint density at radius 1 is 0.861 bits per heavy atom. The lowest BCUT2D eigenvalue weighted by atomic mass is 9.97. The van der Waals surface area contributed by atoms with E-state index in [9.17, 15) is 22.7 Å². The number of halogens is 1. The molecular formula is C28H23FN2O4S. The summed E-state index contributed by atoms with van der Waals surface area (Å²) in [6, 6.07) is 24.5. The van der Waals surface area contributed by atoms with E-state index < -0.39 is 15.8 Å². The molecule has 5 rings (SSSR count). The van der Waals surface area contributed by atoms with Crippen molar-refractivity contribution in [3.05, 3.63) is 108 Å². The van der Waals surface area contributed by atoms with Crippen molar-refractivity contribution in [2.45, 2.75) is 17.7 Å². The predicted octanol–water partition coefficient (Wildman–Crippen LogP) is 5.59. The summed E-state index contributed by atoms with van der Waals surface area (Å²) < 4.78 is 41.1. The Balaban J connectivity index is 1.44. The van der Waals surface area contributed by atoms with Gasteiger partial charge in [0.2, 0.25) is 0 Å². The maximum Gasteiger partial charge on any atom is 0.262 e. The smallest absolute Gasteiger partial charge is 0.262 e. The van der Waals surface area contributed by atoms with E-state index in [1.807, 2.05) is 48.5 Å². The predicted molar refractivity (Wildman–Crippen MR) is 137 cm³/mol. The van der Waals surface area contributed by atoms with E-state index in [-0.39, 0.29) is 22.2 Å². The molecule has 36 heavy (non-hydrogen) atoms. The van der Waals surface area contributed by atoms with Crippen LogP contribution in [-0.4, -0.2) is 26.0 Å². The number of hydrogen-bond donors (Lipinski definition) is 2. The summed E-state index contributed by atoms with van der Waals surface area (Å²) in [6.07, 6.45) is 1.44. The van der Waals surface area contributed by atoms with Crippen LogP contribution in [0.15, 0.2) is 95.9 Å². The second-order valence-corrected chi connectivity index (χ2v) is 10.2. The van der Waals surface area contributed by atoms with Crippen LogP contribution in [-0.2, 0) is 16.4 Å². The number of rotatable bonds is 5. The summed E-state index contributed by atoms with van der Waals surface area (Å²) in [5, 5.41) is 10.3. The summed E-state index contributed by atoms with van der Waals surface area (Å²) >= 11 is 0. The number of carbonyl (C=O) groups excluding carboxylic acids is 1. The zero-order chi connectivity index (χ0) is 25.3. The van der Waals surface area contributed by atoms with Gasteiger partial charge in [0.15, 0.2) is 0 Å². The molecule has 182 valence electrons. The first-order valence-corrected chi connectivity index (χ1v) is 12.9. The van der Waals surface area contributed by atoms with Gasteiger partial charge in [-0.2, -0.15) is 0 Å². The SMILES string of the molecule is O=C1c2ccc(-c3ccccc3)cc2CCCN1c1ccc(O)c(NS(=O)(=O)c2ccc(F)cc2)c1. The number of anilines is 2. The molecule has 0 aromatic heterocycles. The van der Waals surface area contributed by atoms with Gasteiger partial charge >= 0.3 is 0 Å². The number of fused-ring (bicyclic) bond motifs is 1. The van der Waals surface area contributed by atoms with Gasteiger partial charge in [-0.05, 0) is 78.1 Å². The topological polar surface area (TPSA) is 86.7 Å². The largest absolute Gasteiger partial charge is 0.506 e. The molecule has 6 nitrogen and oxygen atoms in total. The highest BCUT2D eigenvalue weighted by atomic mass is 32.2. The second kappa shape index (κ2) is 9.47. The van der Waals surface area contributed by atoms with Crippen molar-refractivity contribution in [1.29, 1.82) is 0 Å². The van der Waals surface area contributed by atoms with Crippen LogP contribution in [0.2, 0.25) is 0 Å². The maximum atomic E-state index is 13.5. The molecule has 4 aromatic rings. The molecule has 1 aliphatic heterocycles. The highest BCUT2D eigenvalue weighted by Gasteiger charge is 2.25. The van der Waals surface area contributed by atoms with Crippen molar-refractivity contribution in [3.63, 3.8) is 0 Å². The highest BCUT2D eigenvalue weighted by Crippen LogP contribution is 2.33. The van der Waals surface area contributed by atoms with Crippen molar-refractivity contribution in [3.8, 4) is 16.9 Å². The number of hydrogen-bond acceptors (Lipinski definition) is 4. The van der Waals surface area contributed by atoms with Gasteiger partial charge in [-0.25, -0.2) is 12.8 Å². The first-order valence-electron chi connectivity index (χ1n) is 11.4. The Hall–Kier alpha value is -4.17. The minimum absolute atomic E-state index is 0.0754. The number of benzene rings is 4. The molecule has 0 atom stereocenters. The van der Waals surface area contributed by atoms with Crippen molar-refractivity contribution < 1.29 is 22.7 Å². The lowest BCUT2D eigenvalue weighted by Gasteiger charge is -2.22. The fourth-order valence-electron chi connectivity index (χ4n) is 4.33. The monoisotopic (exact) mass is 502 g/mol. The van der Waals surface area contributed by atoms with E-state index in [1.54, 1.807) is 11.0 Å². The number of phenolic OH excluding ortho intramolecular Hbond substituents is 1. The Bertz CT molecular complexity index is 1540. The second-order valence-electron chi connectivity index (χ2n) is 8.56. The summed E-state index contributed by atoms with van der Waals surface area (Å²) in [7, 11) is -4.08. The van der Waals surface area contributed by atoms with Crippen LogP contribution in [0.1, 0.15) is 22.3 Å². The molecule has 0 radical (unpaired) electrons. The molecule has 0 saturated heterocycles. The Morgan fingerprint density at radius 3 is 2.36 bits per heavy atom. The first kappa shape index (κ1) is 23.6. The summed E-state index contributed by atoms with van der Waals surface area (Å²) in [6.45, 7) is 0.434. The number of nitrogens with one attached hydrogen (secondary N) is 1. The fraction of sp³-hybridized carbons (Fsp3) is 0.107. The summed E-state index contributed by atoms with van der Waals surface area (Å²) in [5.41, 5.74) is 4.04. The molecule has 0 spiro atoms. The molecule has 1 amide bonds. The van der Waals surface area contributed by atoms with Crippen molar-refractivity contribution in [1.82, 2.24) is 0 Å². The van der Waals surface area contributed by atoms with E-state index in [4.69, 9.17) is 0 Å². The number of carbonyl (C=O) groups is 1. The lowest BCUT2D eigenvalue weighted by molar-refractivity contribution is 0.0988. The van der Waals surface area contributed by atoms with Crippen molar-refractivity contribution in [2.75, 3.05) is 16.2 Å². The Kier molecular flexibility index (Phi) is 6.20. The van der Waals surface area contributed by atoms with E-state index in [0.29, 0.717) is 24.2 Å². The summed E-state index contributed by atoms with van der Waals surface area (Å²) in [5.74, 6) is -1.05. The average molecular weight is 503 g/mol.